The molecule has 3 heterocycles. The number of carbonyl (C=O) groups excluding carboxylic acids is 2. The third kappa shape index (κ3) is 2.63. The molecule has 31 heavy (non-hydrogen) atoms. The quantitative estimate of drug-likeness (QED) is 0.623. The van der Waals surface area contributed by atoms with Crippen molar-refractivity contribution < 1.29 is 14.3 Å². The van der Waals surface area contributed by atoms with Crippen molar-refractivity contribution in [3.63, 3.8) is 0 Å². The largest absolute Gasteiger partial charge is 0.497 e. The second-order valence-corrected chi connectivity index (χ2v) is 8.20. The molecule has 0 aliphatic carbocycles. The Morgan fingerprint density at radius 3 is 2.65 bits per heavy atom. The number of nitrogens with one attached hydrogen (secondary N) is 1. The second-order valence-electron chi connectivity index (χ2n) is 8.20. The number of nitrogens with two attached hydrogens (primary N) is 1. The van der Waals surface area contributed by atoms with Crippen molar-refractivity contribution in [1.29, 1.82) is 0 Å². The predicted molar refractivity (Wildman–Crippen MR) is 118 cm³/mol. The van der Waals surface area contributed by atoms with E-state index in [1.807, 2.05) is 55.5 Å². The first-order chi connectivity index (χ1) is 15.1. The van der Waals surface area contributed by atoms with Crippen molar-refractivity contribution in [3.8, 4) is 5.75 Å². The highest BCUT2D eigenvalue weighted by Crippen LogP contribution is 2.50. The smallest absolute Gasteiger partial charge is 0.328 e. The maximum Gasteiger partial charge on any atom is 0.328 e. The maximum absolute atomic E-state index is 13.6. The number of methoxy groups -OCH3 is 1. The van der Waals surface area contributed by atoms with Crippen LogP contribution in [0.4, 0.5) is 4.79 Å². The highest BCUT2D eigenvalue weighted by atomic mass is 16.5. The molecule has 0 unspecified atom stereocenters. The lowest BCUT2D eigenvalue weighted by atomic mass is 9.78. The fraction of sp³-hybridized carbons (Fsp3) is 0.333. The number of nitrogens with zero attached hydrogens (tertiary/aromatic N) is 2. The fourth-order valence-corrected chi connectivity index (χ4v) is 5.22. The van der Waals surface area contributed by atoms with Crippen LogP contribution in [0, 0.1) is 0 Å². The Hall–Kier alpha value is -3.32. The predicted octanol–water partition coefficient (Wildman–Crippen LogP) is 3.19. The Labute approximate surface area is 180 Å². The van der Waals surface area contributed by atoms with Crippen LogP contribution in [0.25, 0.3) is 10.9 Å². The summed E-state index contributed by atoms with van der Waals surface area (Å²) >= 11 is 0. The average molecular weight is 418 g/mol. The number of H-pyrrole nitrogens is 1. The number of aromatic amines is 1. The van der Waals surface area contributed by atoms with E-state index < -0.39 is 5.54 Å². The second kappa shape index (κ2) is 7.13. The van der Waals surface area contributed by atoms with E-state index in [9.17, 15) is 9.59 Å². The molecule has 2 aromatic carbocycles. The molecule has 3 N–H and O–H groups in total. The number of carbonyl (C=O) groups is 2. The Morgan fingerprint density at radius 1 is 1.19 bits per heavy atom. The van der Waals surface area contributed by atoms with E-state index in [2.05, 4.69) is 4.98 Å². The zero-order valence-electron chi connectivity index (χ0n) is 17.7. The minimum absolute atomic E-state index is 0.158. The molecule has 1 aromatic heterocycles. The summed E-state index contributed by atoms with van der Waals surface area (Å²) in [4.78, 5) is 33.9. The number of aromatic nitrogens is 1. The molecular weight excluding hydrogens is 392 g/mol. The molecule has 0 spiro atoms. The van der Waals surface area contributed by atoms with Gasteiger partial charge < -0.3 is 15.5 Å². The van der Waals surface area contributed by atoms with Crippen molar-refractivity contribution in [3.05, 3.63) is 65.4 Å². The molecule has 2 aliphatic heterocycles. The fourth-order valence-electron chi connectivity index (χ4n) is 5.22. The van der Waals surface area contributed by atoms with E-state index in [1.165, 1.54) is 4.90 Å². The molecule has 2 atom stereocenters. The van der Waals surface area contributed by atoms with Crippen LogP contribution in [-0.2, 0) is 11.2 Å². The van der Waals surface area contributed by atoms with Gasteiger partial charge >= 0.3 is 6.03 Å². The highest BCUT2D eigenvalue weighted by molar-refractivity contribution is 6.08. The Morgan fingerprint density at radius 2 is 1.97 bits per heavy atom. The minimum Gasteiger partial charge on any atom is -0.497 e. The summed E-state index contributed by atoms with van der Waals surface area (Å²) < 4.78 is 5.45. The summed E-state index contributed by atoms with van der Waals surface area (Å²) in [6.45, 7) is 2.44. The Bertz CT molecular complexity index is 1170. The summed E-state index contributed by atoms with van der Waals surface area (Å²) in [5.41, 5.74) is 8.76. The van der Waals surface area contributed by atoms with E-state index in [1.54, 1.807) is 12.0 Å². The summed E-state index contributed by atoms with van der Waals surface area (Å²) in [7, 11) is 1.65. The molecule has 5 rings (SSSR count). The van der Waals surface area contributed by atoms with Crippen LogP contribution in [0.3, 0.4) is 0 Å². The highest BCUT2D eigenvalue weighted by Gasteiger charge is 2.61. The van der Waals surface area contributed by atoms with Crippen molar-refractivity contribution in [1.82, 2.24) is 14.8 Å². The van der Waals surface area contributed by atoms with Gasteiger partial charge in [-0.25, -0.2) is 4.79 Å². The zero-order valence-corrected chi connectivity index (χ0v) is 17.7. The van der Waals surface area contributed by atoms with Crippen molar-refractivity contribution in [2.24, 2.45) is 5.73 Å². The molecule has 0 bridgehead atoms. The lowest BCUT2D eigenvalue weighted by molar-refractivity contribution is -0.134. The molecule has 7 heteroatoms. The first-order valence-corrected chi connectivity index (χ1v) is 10.6. The monoisotopic (exact) mass is 418 g/mol. The van der Waals surface area contributed by atoms with E-state index in [0.717, 1.165) is 33.5 Å². The van der Waals surface area contributed by atoms with Crippen LogP contribution in [0.15, 0.2) is 48.5 Å². The first kappa shape index (κ1) is 19.6. The van der Waals surface area contributed by atoms with Crippen molar-refractivity contribution in [2.75, 3.05) is 20.2 Å². The van der Waals surface area contributed by atoms with Gasteiger partial charge in [0.1, 0.15) is 17.3 Å². The number of benzene rings is 2. The van der Waals surface area contributed by atoms with Crippen LogP contribution in [0.1, 0.15) is 36.2 Å². The molecule has 3 amide bonds. The van der Waals surface area contributed by atoms with Gasteiger partial charge in [-0.1, -0.05) is 37.3 Å². The van der Waals surface area contributed by atoms with Gasteiger partial charge in [0, 0.05) is 36.1 Å². The minimum atomic E-state index is -0.933. The number of ether oxygens (including phenoxy) is 1. The molecule has 0 saturated carbocycles. The molecule has 3 aromatic rings. The van der Waals surface area contributed by atoms with E-state index in [4.69, 9.17) is 10.5 Å². The topological polar surface area (TPSA) is 91.7 Å². The van der Waals surface area contributed by atoms with E-state index >= 15 is 0 Å². The lowest BCUT2D eigenvalue weighted by Crippen LogP contribution is -2.55. The number of rotatable bonds is 5. The van der Waals surface area contributed by atoms with Gasteiger partial charge in [-0.3, -0.25) is 14.6 Å². The van der Waals surface area contributed by atoms with Crippen LogP contribution >= 0.6 is 0 Å². The molecule has 2 aliphatic rings. The molecule has 1 fully saturated rings. The van der Waals surface area contributed by atoms with E-state index in [0.29, 0.717) is 12.8 Å². The van der Waals surface area contributed by atoms with Gasteiger partial charge in [0.2, 0.25) is 0 Å². The number of fused-ring (bicyclic) bond motifs is 4. The summed E-state index contributed by atoms with van der Waals surface area (Å²) in [5, 5.41) is 1.03. The van der Waals surface area contributed by atoms with Crippen LogP contribution in [-0.4, -0.2) is 52.5 Å². The summed E-state index contributed by atoms with van der Waals surface area (Å²) in [6.07, 6.45) is 0.985. The van der Waals surface area contributed by atoms with Gasteiger partial charge in [-0.2, -0.15) is 0 Å². The zero-order chi connectivity index (χ0) is 21.8. The summed E-state index contributed by atoms with van der Waals surface area (Å²) in [5.74, 6) is 0.603. The number of hydrogen-bond acceptors (Lipinski definition) is 4. The Kier molecular flexibility index (Phi) is 4.51. The third-order valence-corrected chi connectivity index (χ3v) is 6.74. The molecule has 7 nitrogen and oxygen atoms in total. The van der Waals surface area contributed by atoms with E-state index in [-0.39, 0.29) is 31.1 Å². The number of imide groups is 1. The van der Waals surface area contributed by atoms with Gasteiger partial charge in [-0.05, 0) is 35.7 Å². The van der Waals surface area contributed by atoms with Crippen molar-refractivity contribution in [2.45, 2.75) is 31.3 Å². The molecular formula is C24H26N4O3. The van der Waals surface area contributed by atoms with Gasteiger partial charge in [0.05, 0.1) is 7.11 Å². The molecule has 1 saturated heterocycles. The molecule has 0 radical (unpaired) electrons. The van der Waals surface area contributed by atoms with Gasteiger partial charge in [-0.15, -0.1) is 0 Å². The van der Waals surface area contributed by atoms with Crippen LogP contribution in [0.5, 0.6) is 5.75 Å². The number of amides is 3. The number of hydrogen-bond donors (Lipinski definition) is 2. The normalized spacial score (nSPS) is 22.7. The summed E-state index contributed by atoms with van der Waals surface area (Å²) in [6, 6.07) is 15.1. The first-order valence-electron chi connectivity index (χ1n) is 10.6. The van der Waals surface area contributed by atoms with Crippen LogP contribution in [0.2, 0.25) is 0 Å². The Balaban J connectivity index is 1.79. The number of urea groups is 1. The standard InChI is InChI=1S/C24H26N4O3/c1-3-24-14-18-17-13-16(31-2)9-10-19(17)26-20(18)21(15-7-5-4-6-8-15)28(24)23(30)27(12-11-25)22(24)29/h4-10,13,21,26H,3,11-12,14,25H2,1-2H3/t21-,24+/m1/s1. The lowest BCUT2D eigenvalue weighted by Gasteiger charge is -2.44. The SMILES string of the molecule is CC[C@@]12Cc3c([nH]c4ccc(OC)cc34)[C@@H](c3ccccc3)N1C(=O)N(CCN)C2=O. The van der Waals surface area contributed by atoms with Crippen LogP contribution < -0.4 is 10.5 Å². The third-order valence-electron chi connectivity index (χ3n) is 6.74. The van der Waals surface area contributed by atoms with Gasteiger partial charge in [0.25, 0.3) is 5.91 Å². The van der Waals surface area contributed by atoms with Crippen molar-refractivity contribution >= 4 is 22.8 Å². The van der Waals surface area contributed by atoms with Gasteiger partial charge in [0.15, 0.2) is 0 Å². The maximum atomic E-state index is 13.6. The average Bonchev–Trinajstić information content (AvgIpc) is 3.26. The molecule has 160 valence electrons.